The average Bonchev–Trinajstić information content (AvgIpc) is 3.09. The van der Waals surface area contributed by atoms with Crippen molar-refractivity contribution in [3.05, 3.63) is 24.3 Å². The number of nitrogens with zero attached hydrogens (tertiary/aromatic N) is 2. The average molecular weight is 362 g/mol. The Bertz CT molecular complexity index is 612. The monoisotopic (exact) mass is 361 g/mol. The molecular formula is C15H24ClN3O3S. The summed E-state index contributed by atoms with van der Waals surface area (Å²) in [5.74, 6) is 0.407. The summed E-state index contributed by atoms with van der Waals surface area (Å²) < 4.78 is 32.4. The number of hydrogen-bond acceptors (Lipinski definition) is 5. The third-order valence-corrected chi connectivity index (χ3v) is 6.45. The molecule has 2 aliphatic rings. The minimum Gasteiger partial charge on any atom is -0.495 e. The number of para-hydroxylation sites is 1. The number of nitrogens with one attached hydrogen (secondary N) is 1. The maximum atomic E-state index is 12.8. The molecule has 1 unspecified atom stereocenters. The fraction of sp³-hybridized carbons (Fsp3) is 0.600. The first-order valence-corrected chi connectivity index (χ1v) is 9.15. The lowest BCUT2D eigenvalue weighted by molar-refractivity contribution is 0.145. The third kappa shape index (κ3) is 3.80. The zero-order valence-electron chi connectivity index (χ0n) is 13.3. The highest BCUT2D eigenvalue weighted by atomic mass is 35.5. The highest BCUT2D eigenvalue weighted by Gasteiger charge is 2.33. The molecule has 1 atom stereocenters. The molecule has 1 N–H and O–H groups in total. The first kappa shape index (κ1) is 18.5. The number of hydrogen-bond donors (Lipinski definition) is 1. The van der Waals surface area contributed by atoms with Gasteiger partial charge in [0.25, 0.3) is 0 Å². The lowest BCUT2D eigenvalue weighted by Gasteiger charge is -2.37. The highest BCUT2D eigenvalue weighted by Crippen LogP contribution is 2.27. The molecule has 2 heterocycles. The van der Waals surface area contributed by atoms with E-state index < -0.39 is 10.0 Å². The van der Waals surface area contributed by atoms with Crippen LogP contribution in [0.1, 0.15) is 6.42 Å². The minimum atomic E-state index is -3.49. The van der Waals surface area contributed by atoms with Gasteiger partial charge in [0.05, 0.1) is 7.11 Å². The molecule has 2 fully saturated rings. The molecule has 1 aromatic carbocycles. The van der Waals surface area contributed by atoms with Gasteiger partial charge in [-0.1, -0.05) is 12.1 Å². The normalized spacial score (nSPS) is 23.4. The molecule has 0 radical (unpaired) electrons. The van der Waals surface area contributed by atoms with Gasteiger partial charge in [-0.15, -0.1) is 12.4 Å². The molecule has 23 heavy (non-hydrogen) atoms. The van der Waals surface area contributed by atoms with Gasteiger partial charge in [-0.3, -0.25) is 4.90 Å². The Morgan fingerprint density at radius 3 is 2.48 bits per heavy atom. The lowest BCUT2D eigenvalue weighted by Crippen LogP contribution is -2.52. The molecule has 130 valence electrons. The van der Waals surface area contributed by atoms with E-state index in [4.69, 9.17) is 4.74 Å². The zero-order valence-corrected chi connectivity index (χ0v) is 14.9. The van der Waals surface area contributed by atoms with Crippen LogP contribution in [0.2, 0.25) is 0 Å². The summed E-state index contributed by atoms with van der Waals surface area (Å²) in [4.78, 5) is 2.65. The van der Waals surface area contributed by atoms with E-state index in [1.54, 1.807) is 28.6 Å². The second-order valence-electron chi connectivity index (χ2n) is 5.74. The van der Waals surface area contributed by atoms with Crippen LogP contribution < -0.4 is 10.1 Å². The van der Waals surface area contributed by atoms with Crippen LogP contribution in [0.4, 0.5) is 0 Å². The van der Waals surface area contributed by atoms with E-state index in [0.29, 0.717) is 24.9 Å². The van der Waals surface area contributed by atoms with Crippen molar-refractivity contribution >= 4 is 22.4 Å². The molecule has 0 spiro atoms. The van der Waals surface area contributed by atoms with E-state index in [-0.39, 0.29) is 17.3 Å². The minimum absolute atomic E-state index is 0. The van der Waals surface area contributed by atoms with Gasteiger partial charge >= 0.3 is 0 Å². The molecule has 8 heteroatoms. The molecule has 3 rings (SSSR count). The van der Waals surface area contributed by atoms with Crippen molar-refractivity contribution in [2.45, 2.75) is 17.4 Å². The fourth-order valence-electron chi connectivity index (χ4n) is 3.23. The van der Waals surface area contributed by atoms with Crippen molar-refractivity contribution in [1.82, 2.24) is 14.5 Å². The second kappa shape index (κ2) is 7.81. The molecule has 1 aromatic rings. The van der Waals surface area contributed by atoms with Crippen LogP contribution in [0, 0.1) is 0 Å². The first-order chi connectivity index (χ1) is 10.6. The molecule has 0 saturated carbocycles. The lowest BCUT2D eigenvalue weighted by atomic mass is 10.2. The number of piperazine rings is 1. The maximum absolute atomic E-state index is 12.8. The smallest absolute Gasteiger partial charge is 0.246 e. The first-order valence-electron chi connectivity index (χ1n) is 7.71. The predicted molar refractivity (Wildman–Crippen MR) is 91.8 cm³/mol. The van der Waals surface area contributed by atoms with Crippen molar-refractivity contribution in [2.24, 2.45) is 0 Å². The second-order valence-corrected chi connectivity index (χ2v) is 7.64. The van der Waals surface area contributed by atoms with E-state index in [1.807, 2.05) is 0 Å². The van der Waals surface area contributed by atoms with E-state index in [0.717, 1.165) is 32.6 Å². The van der Waals surface area contributed by atoms with Crippen LogP contribution in [-0.2, 0) is 10.0 Å². The summed E-state index contributed by atoms with van der Waals surface area (Å²) >= 11 is 0. The van der Waals surface area contributed by atoms with E-state index in [1.165, 1.54) is 7.11 Å². The number of halogens is 1. The molecule has 0 aromatic heterocycles. The SMILES string of the molecule is COc1ccccc1S(=O)(=O)N1CCN(C2CCNC2)CC1.Cl. The number of sulfonamides is 1. The molecule has 0 amide bonds. The van der Waals surface area contributed by atoms with Gasteiger partial charge in [-0.25, -0.2) is 8.42 Å². The van der Waals surface area contributed by atoms with Gasteiger partial charge in [0.15, 0.2) is 0 Å². The molecule has 2 saturated heterocycles. The number of methoxy groups -OCH3 is 1. The number of rotatable bonds is 4. The van der Waals surface area contributed by atoms with E-state index in [9.17, 15) is 8.42 Å². The van der Waals surface area contributed by atoms with E-state index >= 15 is 0 Å². The Kier molecular flexibility index (Phi) is 6.27. The Labute approximate surface area is 144 Å². The summed E-state index contributed by atoms with van der Waals surface area (Å²) in [6.07, 6.45) is 1.15. The predicted octanol–water partition coefficient (Wildman–Crippen LogP) is 0.785. The third-order valence-electron chi connectivity index (χ3n) is 4.51. The van der Waals surface area contributed by atoms with Gasteiger partial charge in [-0.05, 0) is 25.1 Å². The Hall–Kier alpha value is -0.860. The van der Waals surface area contributed by atoms with E-state index in [2.05, 4.69) is 10.2 Å². The largest absolute Gasteiger partial charge is 0.495 e. The van der Waals surface area contributed by atoms with Gasteiger partial charge in [0, 0.05) is 38.8 Å². The van der Waals surface area contributed by atoms with Crippen LogP contribution in [0.15, 0.2) is 29.2 Å². The van der Waals surface area contributed by atoms with Crippen molar-refractivity contribution in [1.29, 1.82) is 0 Å². The summed E-state index contributed by atoms with van der Waals surface area (Å²) in [5.41, 5.74) is 0. The van der Waals surface area contributed by atoms with Crippen LogP contribution in [-0.4, -0.2) is 70.0 Å². The Morgan fingerprint density at radius 2 is 1.87 bits per heavy atom. The molecule has 6 nitrogen and oxygen atoms in total. The number of benzene rings is 1. The maximum Gasteiger partial charge on any atom is 0.246 e. The quantitative estimate of drug-likeness (QED) is 0.859. The Balaban J connectivity index is 0.00000192. The standard InChI is InChI=1S/C15H23N3O3S.ClH/c1-21-14-4-2-3-5-15(14)22(19,20)18-10-8-17(9-11-18)13-6-7-16-12-13;/h2-5,13,16H,6-12H2,1H3;1H. The summed E-state index contributed by atoms with van der Waals surface area (Å²) in [7, 11) is -1.99. The van der Waals surface area contributed by atoms with Crippen LogP contribution >= 0.6 is 12.4 Å². The van der Waals surface area contributed by atoms with Gasteiger partial charge < -0.3 is 10.1 Å². The Morgan fingerprint density at radius 1 is 1.17 bits per heavy atom. The molecule has 2 aliphatic heterocycles. The topological polar surface area (TPSA) is 61.9 Å². The summed E-state index contributed by atoms with van der Waals surface area (Å²) in [6.45, 7) is 4.73. The zero-order chi connectivity index (χ0) is 15.6. The van der Waals surface area contributed by atoms with Gasteiger partial charge in [0.1, 0.15) is 10.6 Å². The number of ether oxygens (including phenoxy) is 1. The molecule has 0 bridgehead atoms. The van der Waals surface area contributed by atoms with Gasteiger partial charge in [-0.2, -0.15) is 4.31 Å². The van der Waals surface area contributed by atoms with Crippen LogP contribution in [0.3, 0.4) is 0 Å². The van der Waals surface area contributed by atoms with Crippen LogP contribution in [0.25, 0.3) is 0 Å². The van der Waals surface area contributed by atoms with Gasteiger partial charge in [0.2, 0.25) is 10.0 Å². The molecular weight excluding hydrogens is 338 g/mol. The van der Waals surface area contributed by atoms with Crippen LogP contribution in [0.5, 0.6) is 5.75 Å². The van der Waals surface area contributed by atoms with Crippen molar-refractivity contribution in [3.8, 4) is 5.75 Å². The fourth-order valence-corrected chi connectivity index (χ4v) is 4.81. The summed E-state index contributed by atoms with van der Waals surface area (Å²) in [5, 5.41) is 3.36. The van der Waals surface area contributed by atoms with Crippen molar-refractivity contribution in [3.63, 3.8) is 0 Å². The molecule has 0 aliphatic carbocycles. The highest BCUT2D eigenvalue weighted by molar-refractivity contribution is 7.89. The summed E-state index contributed by atoms with van der Waals surface area (Å²) in [6, 6.07) is 7.36. The van der Waals surface area contributed by atoms with Crippen molar-refractivity contribution < 1.29 is 13.2 Å². The van der Waals surface area contributed by atoms with Crippen molar-refractivity contribution in [2.75, 3.05) is 46.4 Å².